The van der Waals surface area contributed by atoms with Gasteiger partial charge in [0.15, 0.2) is 0 Å². The average molecular weight is 556 g/mol. The van der Waals surface area contributed by atoms with E-state index in [0.29, 0.717) is 25.1 Å². The van der Waals surface area contributed by atoms with Crippen molar-refractivity contribution >= 4 is 38.9 Å². The Labute approximate surface area is 218 Å². The molecule has 0 saturated carbocycles. The molecule has 1 amide bonds. The molecule has 0 radical (unpaired) electrons. The first-order valence-electron chi connectivity index (χ1n) is 11.6. The van der Waals surface area contributed by atoms with Crippen molar-refractivity contribution in [2.75, 3.05) is 36.0 Å². The number of nitriles is 1. The van der Waals surface area contributed by atoms with Gasteiger partial charge in [0.2, 0.25) is 15.9 Å². The highest BCUT2D eigenvalue weighted by molar-refractivity contribution is 7.89. The van der Waals surface area contributed by atoms with Crippen molar-refractivity contribution in [2.24, 2.45) is 5.73 Å². The molecule has 8 nitrogen and oxygen atoms in total. The van der Waals surface area contributed by atoms with E-state index in [4.69, 9.17) is 22.6 Å². The van der Waals surface area contributed by atoms with Crippen molar-refractivity contribution < 1.29 is 26.4 Å². The van der Waals surface area contributed by atoms with Gasteiger partial charge in [-0.05, 0) is 50.1 Å². The fraction of sp³-hybridized carbons (Fsp3) is 0.417. The van der Waals surface area contributed by atoms with Crippen LogP contribution in [0.2, 0.25) is 5.02 Å². The van der Waals surface area contributed by atoms with E-state index >= 15 is 0 Å². The molecule has 2 saturated heterocycles. The lowest BCUT2D eigenvalue weighted by atomic mass is 10.1. The van der Waals surface area contributed by atoms with Crippen molar-refractivity contribution in [1.29, 1.82) is 5.26 Å². The number of hydrogen-bond acceptors (Lipinski definition) is 6. The Bertz CT molecular complexity index is 1360. The molecule has 0 spiro atoms. The zero-order valence-electron chi connectivity index (χ0n) is 19.9. The summed E-state index contributed by atoms with van der Waals surface area (Å²) in [5.41, 5.74) is 4.73. The Kier molecular flexibility index (Phi) is 7.34. The first-order chi connectivity index (χ1) is 17.4. The van der Waals surface area contributed by atoms with Gasteiger partial charge in [0.05, 0.1) is 27.9 Å². The van der Waals surface area contributed by atoms with Crippen LogP contribution in [0.5, 0.6) is 0 Å². The quantitative estimate of drug-likeness (QED) is 0.604. The largest absolute Gasteiger partial charge is 0.418 e. The van der Waals surface area contributed by atoms with Gasteiger partial charge in [-0.15, -0.1) is 0 Å². The minimum Gasteiger partial charge on any atom is -0.368 e. The van der Waals surface area contributed by atoms with Gasteiger partial charge >= 0.3 is 6.18 Å². The Morgan fingerprint density at radius 1 is 1.16 bits per heavy atom. The van der Waals surface area contributed by atoms with Crippen molar-refractivity contribution in [3.63, 3.8) is 0 Å². The summed E-state index contributed by atoms with van der Waals surface area (Å²) < 4.78 is 69.6. The molecule has 0 bridgehead atoms. The second kappa shape index (κ2) is 10.0. The lowest BCUT2D eigenvalue weighted by Gasteiger charge is -2.41. The summed E-state index contributed by atoms with van der Waals surface area (Å²) in [5.74, 6) is -0.521. The van der Waals surface area contributed by atoms with Crippen LogP contribution in [-0.2, 0) is 21.0 Å². The molecule has 13 heteroatoms. The number of piperazine rings is 1. The number of alkyl halides is 3. The number of primary amides is 1. The van der Waals surface area contributed by atoms with Crippen molar-refractivity contribution in [3.8, 4) is 6.07 Å². The van der Waals surface area contributed by atoms with E-state index in [-0.39, 0.29) is 40.8 Å². The van der Waals surface area contributed by atoms with E-state index in [0.717, 1.165) is 6.07 Å². The summed E-state index contributed by atoms with van der Waals surface area (Å²) in [6, 6.07) is 8.33. The Balaban J connectivity index is 1.62. The van der Waals surface area contributed by atoms with Crippen LogP contribution >= 0.6 is 11.6 Å². The van der Waals surface area contributed by atoms with Crippen molar-refractivity contribution in [1.82, 2.24) is 4.31 Å². The number of amides is 1. The van der Waals surface area contributed by atoms with Gasteiger partial charge in [0, 0.05) is 37.9 Å². The van der Waals surface area contributed by atoms with Crippen LogP contribution in [0.1, 0.15) is 30.9 Å². The SMILES string of the molecule is C[C@@H]1CN(c2ccc(C#N)cc2C(F)(F)F)CCN1S(=O)(=O)c1cccc(N2CCC[C@H]2C(N)=O)c1Cl. The fourth-order valence-electron chi connectivity index (χ4n) is 5.02. The molecule has 2 aliphatic rings. The highest BCUT2D eigenvalue weighted by Gasteiger charge is 2.40. The summed E-state index contributed by atoms with van der Waals surface area (Å²) in [6.07, 6.45) is -3.44. The van der Waals surface area contributed by atoms with Crippen LogP contribution in [0.15, 0.2) is 41.3 Å². The maximum atomic E-state index is 13.7. The minimum absolute atomic E-state index is 0.00138. The molecule has 2 fully saturated rings. The third-order valence-corrected chi connectivity index (χ3v) is 9.32. The maximum Gasteiger partial charge on any atom is 0.418 e. The van der Waals surface area contributed by atoms with Crippen LogP contribution in [0.4, 0.5) is 24.5 Å². The lowest BCUT2D eigenvalue weighted by Crippen LogP contribution is -2.54. The molecular weight excluding hydrogens is 531 g/mol. The van der Waals surface area contributed by atoms with E-state index in [1.807, 2.05) is 0 Å². The van der Waals surface area contributed by atoms with Crippen LogP contribution in [0, 0.1) is 11.3 Å². The lowest BCUT2D eigenvalue weighted by molar-refractivity contribution is -0.137. The summed E-state index contributed by atoms with van der Waals surface area (Å²) in [7, 11) is -4.12. The number of carbonyl (C=O) groups excluding carboxylic acids is 1. The molecular formula is C24H25ClF3N5O3S. The average Bonchev–Trinajstić information content (AvgIpc) is 3.33. The Hall–Kier alpha value is -3.01. The van der Waals surface area contributed by atoms with Crippen LogP contribution in [0.25, 0.3) is 0 Å². The van der Waals surface area contributed by atoms with Crippen molar-refractivity contribution in [2.45, 2.75) is 42.9 Å². The maximum absolute atomic E-state index is 13.7. The van der Waals surface area contributed by atoms with Gasteiger partial charge < -0.3 is 15.5 Å². The molecule has 2 aliphatic heterocycles. The van der Waals surface area contributed by atoms with Gasteiger partial charge in [-0.25, -0.2) is 8.42 Å². The predicted octanol–water partition coefficient (Wildman–Crippen LogP) is 3.58. The molecule has 2 N–H and O–H groups in total. The van der Waals surface area contributed by atoms with Gasteiger partial charge in [0.25, 0.3) is 0 Å². The normalized spacial score (nSPS) is 21.2. The van der Waals surface area contributed by atoms with Crippen LogP contribution < -0.4 is 15.5 Å². The second-order valence-electron chi connectivity index (χ2n) is 9.10. The molecule has 37 heavy (non-hydrogen) atoms. The molecule has 2 atom stereocenters. The summed E-state index contributed by atoms with van der Waals surface area (Å²) >= 11 is 6.57. The first-order valence-corrected chi connectivity index (χ1v) is 13.4. The number of rotatable bonds is 5. The van der Waals surface area contributed by atoms with E-state index in [1.165, 1.54) is 33.5 Å². The summed E-state index contributed by atoms with van der Waals surface area (Å²) in [6.45, 7) is 2.04. The smallest absolute Gasteiger partial charge is 0.368 e. The number of nitrogens with two attached hydrogens (primary N) is 1. The number of anilines is 2. The molecule has 0 aromatic heterocycles. The van der Waals surface area contributed by atoms with E-state index in [2.05, 4.69) is 0 Å². The molecule has 2 heterocycles. The Morgan fingerprint density at radius 2 is 1.89 bits per heavy atom. The van der Waals surface area contributed by atoms with E-state index < -0.39 is 39.8 Å². The number of carbonyl (C=O) groups is 1. The number of nitrogens with zero attached hydrogens (tertiary/aromatic N) is 4. The molecule has 4 rings (SSSR count). The van der Waals surface area contributed by atoms with E-state index in [9.17, 15) is 26.4 Å². The molecule has 0 unspecified atom stereocenters. The monoisotopic (exact) mass is 555 g/mol. The topological polar surface area (TPSA) is 111 Å². The van der Waals surface area contributed by atoms with E-state index in [1.54, 1.807) is 24.0 Å². The third kappa shape index (κ3) is 5.08. The number of halogens is 4. The zero-order valence-corrected chi connectivity index (χ0v) is 21.4. The van der Waals surface area contributed by atoms with Gasteiger partial charge in [-0.3, -0.25) is 4.79 Å². The van der Waals surface area contributed by atoms with Gasteiger partial charge in [0.1, 0.15) is 10.9 Å². The molecule has 198 valence electrons. The van der Waals surface area contributed by atoms with Gasteiger partial charge in [-0.1, -0.05) is 17.7 Å². The zero-order chi connectivity index (χ0) is 27.1. The minimum atomic E-state index is -4.68. The molecule has 2 aromatic rings. The highest BCUT2D eigenvalue weighted by Crippen LogP contribution is 2.40. The second-order valence-corrected chi connectivity index (χ2v) is 11.3. The van der Waals surface area contributed by atoms with Gasteiger partial charge in [-0.2, -0.15) is 22.7 Å². The molecule has 2 aromatic carbocycles. The third-order valence-electron chi connectivity index (χ3n) is 6.76. The molecule has 0 aliphatic carbocycles. The highest BCUT2D eigenvalue weighted by atomic mass is 35.5. The number of hydrogen-bond donors (Lipinski definition) is 1. The van der Waals surface area contributed by atoms with Crippen LogP contribution in [-0.4, -0.2) is 56.9 Å². The standard InChI is InChI=1S/C24H25ClF3N5O3S/c1-15-14-31(18-8-7-16(13-29)12-17(18)24(26,27)28)10-11-33(15)37(35,36)21-6-2-4-19(22(21)25)32-9-3-5-20(32)23(30)34/h2,4,6-8,12,15,20H,3,5,9-11,14H2,1H3,(H2,30,34)/t15-,20+/m1/s1. The first kappa shape index (κ1) is 27.0. The predicted molar refractivity (Wildman–Crippen MR) is 133 cm³/mol. The Morgan fingerprint density at radius 3 is 2.51 bits per heavy atom. The van der Waals surface area contributed by atoms with Crippen molar-refractivity contribution in [3.05, 3.63) is 52.5 Å². The summed E-state index contributed by atoms with van der Waals surface area (Å²) in [4.78, 5) is 14.9. The van der Waals surface area contributed by atoms with Crippen LogP contribution in [0.3, 0.4) is 0 Å². The number of sulfonamides is 1. The summed E-state index contributed by atoms with van der Waals surface area (Å²) in [5, 5.41) is 8.98. The number of benzene rings is 2. The fourth-order valence-corrected chi connectivity index (χ4v) is 7.25.